The fourth-order valence-corrected chi connectivity index (χ4v) is 9.52. The molecule has 5 aromatic carbocycles. The van der Waals surface area contributed by atoms with E-state index in [0.29, 0.717) is 11.3 Å². The smallest absolute Gasteiger partial charge is 0.338 e. The Hall–Kier alpha value is -3.29. The average Bonchev–Trinajstić information content (AvgIpc) is 2.98. The van der Waals surface area contributed by atoms with Crippen molar-refractivity contribution in [2.24, 2.45) is 0 Å². The number of fused-ring (bicyclic) bond motifs is 4. The Balaban J connectivity index is 1.38. The molecule has 0 amide bonds. The lowest BCUT2D eigenvalue weighted by atomic mass is 9.98. The van der Waals surface area contributed by atoms with Crippen LogP contribution in [-0.4, -0.2) is 5.97 Å². The maximum Gasteiger partial charge on any atom is 0.338 e. The predicted octanol–water partition coefficient (Wildman–Crippen LogP) is 10.7. The van der Waals surface area contributed by atoms with Gasteiger partial charge in [0.25, 0.3) is 0 Å². The molecule has 2 nitrogen and oxygen atoms in total. The first-order valence-electron chi connectivity index (χ1n) is 12.7. The molecule has 194 valence electrons. The quantitative estimate of drug-likeness (QED) is 0.115. The molecule has 0 unspecified atom stereocenters. The molecule has 2 aliphatic heterocycles. The van der Waals surface area contributed by atoms with Gasteiger partial charge in [-0.3, -0.25) is 0 Å². The molecule has 0 N–H and O–H groups in total. The third-order valence-electron chi connectivity index (χ3n) is 6.65. The van der Waals surface area contributed by atoms with E-state index in [0.717, 1.165) is 16.7 Å². The predicted molar refractivity (Wildman–Crippen MR) is 167 cm³/mol. The molecule has 40 heavy (non-hydrogen) atoms. The van der Waals surface area contributed by atoms with Crippen LogP contribution in [0.5, 0.6) is 5.75 Å². The molecule has 0 saturated heterocycles. The van der Waals surface area contributed by atoms with Crippen LogP contribution >= 0.6 is 47.0 Å². The van der Waals surface area contributed by atoms with E-state index in [-0.39, 0.29) is 0 Å². The van der Waals surface area contributed by atoms with E-state index < -0.39 is 5.97 Å². The third kappa shape index (κ3) is 4.69. The van der Waals surface area contributed by atoms with Crippen LogP contribution in [0.3, 0.4) is 0 Å². The van der Waals surface area contributed by atoms with Gasteiger partial charge < -0.3 is 4.74 Å². The Labute approximate surface area is 250 Å². The number of hydrogen-bond acceptors (Lipinski definition) is 6. The molecule has 0 spiro atoms. The van der Waals surface area contributed by atoms with E-state index in [1.807, 2.05) is 29.6 Å². The summed E-state index contributed by atoms with van der Waals surface area (Å²) in [6.07, 6.45) is 0. The Kier molecular flexibility index (Phi) is 6.80. The zero-order valence-corrected chi connectivity index (χ0v) is 24.7. The summed E-state index contributed by atoms with van der Waals surface area (Å²) in [5.41, 5.74) is 4.56. The number of rotatable bonds is 4. The average molecular weight is 591 g/mol. The van der Waals surface area contributed by atoms with Crippen molar-refractivity contribution in [1.82, 2.24) is 0 Å². The van der Waals surface area contributed by atoms with Gasteiger partial charge in [0.05, 0.1) is 0 Å². The Bertz CT molecular complexity index is 1840. The van der Waals surface area contributed by atoms with Crippen molar-refractivity contribution < 1.29 is 9.53 Å². The molecule has 7 rings (SSSR count). The van der Waals surface area contributed by atoms with Crippen LogP contribution in [0.15, 0.2) is 154 Å². The fourth-order valence-electron chi connectivity index (χ4n) is 4.72. The van der Waals surface area contributed by atoms with Crippen molar-refractivity contribution in [3.8, 4) is 28.0 Å². The van der Waals surface area contributed by atoms with Gasteiger partial charge in [-0.05, 0) is 66.6 Å². The standard InChI is InChI=1S/C34H22O2S4/c1-20(2)34(35)36-25-18-17-21(22-9-7-15-30-32(22)39-28-13-5-3-11-26(28)37-30)19-24(25)23-10-8-16-31-33(23)40-29-14-6-4-12-27(29)38-31/h3-19H,1H2,2H3. The van der Waals surface area contributed by atoms with Crippen LogP contribution < -0.4 is 4.74 Å². The second kappa shape index (κ2) is 10.6. The van der Waals surface area contributed by atoms with Crippen LogP contribution in [0, 0.1) is 0 Å². The lowest BCUT2D eigenvalue weighted by Crippen LogP contribution is -2.09. The number of hydrogen-bond donors (Lipinski definition) is 0. The maximum atomic E-state index is 12.7. The van der Waals surface area contributed by atoms with E-state index in [1.165, 1.54) is 44.7 Å². The zero-order chi connectivity index (χ0) is 27.2. The highest BCUT2D eigenvalue weighted by molar-refractivity contribution is 8.05. The van der Waals surface area contributed by atoms with Gasteiger partial charge in [0.15, 0.2) is 0 Å². The Morgan fingerprint density at radius 1 is 0.575 bits per heavy atom. The number of carbonyl (C=O) groups is 1. The minimum Gasteiger partial charge on any atom is -0.423 e. The number of carbonyl (C=O) groups excluding carboxylic acids is 1. The number of esters is 1. The van der Waals surface area contributed by atoms with Crippen molar-refractivity contribution >= 4 is 53.0 Å². The highest BCUT2D eigenvalue weighted by Crippen LogP contribution is 2.54. The first kappa shape index (κ1) is 25.7. The maximum absolute atomic E-state index is 12.7. The molecule has 6 heteroatoms. The zero-order valence-electron chi connectivity index (χ0n) is 21.5. The van der Waals surface area contributed by atoms with Gasteiger partial charge in [-0.1, -0.05) is 108 Å². The van der Waals surface area contributed by atoms with Crippen LogP contribution in [-0.2, 0) is 4.79 Å². The third-order valence-corrected chi connectivity index (χ3v) is 11.9. The summed E-state index contributed by atoms with van der Waals surface area (Å²) in [4.78, 5) is 22.6. The molecule has 5 aromatic rings. The molecule has 0 bridgehead atoms. The minimum absolute atomic E-state index is 0.369. The fraction of sp³-hybridized carbons (Fsp3) is 0.0294. The first-order chi connectivity index (χ1) is 19.5. The lowest BCUT2D eigenvalue weighted by Gasteiger charge is -2.23. The van der Waals surface area contributed by atoms with E-state index in [2.05, 4.69) is 104 Å². The molecule has 0 aliphatic carbocycles. The molecule has 0 atom stereocenters. The SMILES string of the molecule is C=C(C)C(=O)Oc1ccc(-c2cccc3c2Sc2ccccc2S3)cc1-c1cccc2c1Sc1ccccc1S2. The van der Waals surface area contributed by atoms with E-state index in [1.54, 1.807) is 30.4 Å². The van der Waals surface area contributed by atoms with Crippen molar-refractivity contribution in [3.63, 3.8) is 0 Å². The van der Waals surface area contributed by atoms with E-state index >= 15 is 0 Å². The topological polar surface area (TPSA) is 26.3 Å². The van der Waals surface area contributed by atoms with Crippen LogP contribution in [0.2, 0.25) is 0 Å². The molecule has 0 radical (unpaired) electrons. The van der Waals surface area contributed by atoms with E-state index in [4.69, 9.17) is 4.74 Å². The van der Waals surface area contributed by atoms with Gasteiger partial charge in [-0.15, -0.1) is 0 Å². The summed E-state index contributed by atoms with van der Waals surface area (Å²) in [7, 11) is 0. The molecule has 0 fully saturated rings. The Morgan fingerprint density at radius 2 is 1.07 bits per heavy atom. The van der Waals surface area contributed by atoms with Gasteiger partial charge in [-0.2, -0.15) is 0 Å². The summed E-state index contributed by atoms with van der Waals surface area (Å²) < 4.78 is 5.91. The lowest BCUT2D eigenvalue weighted by molar-refractivity contribution is -0.130. The van der Waals surface area contributed by atoms with Gasteiger partial charge in [-0.25, -0.2) is 4.79 Å². The summed E-state index contributed by atoms with van der Waals surface area (Å²) in [6, 6.07) is 36.0. The summed E-state index contributed by atoms with van der Waals surface area (Å²) in [6.45, 7) is 5.47. The van der Waals surface area contributed by atoms with Crippen molar-refractivity contribution in [2.75, 3.05) is 0 Å². The highest BCUT2D eigenvalue weighted by atomic mass is 32.2. The largest absolute Gasteiger partial charge is 0.423 e. The minimum atomic E-state index is -0.424. The van der Waals surface area contributed by atoms with Gasteiger partial charge >= 0.3 is 5.97 Å². The highest BCUT2D eigenvalue weighted by Gasteiger charge is 2.24. The molecular weight excluding hydrogens is 569 g/mol. The molecular formula is C34H22O2S4. The molecule has 0 saturated carbocycles. The van der Waals surface area contributed by atoms with Crippen molar-refractivity contribution in [1.29, 1.82) is 0 Å². The number of benzene rings is 5. The monoisotopic (exact) mass is 590 g/mol. The summed E-state index contributed by atoms with van der Waals surface area (Å²) in [5.74, 6) is 0.110. The van der Waals surface area contributed by atoms with Crippen LogP contribution in [0.25, 0.3) is 22.3 Å². The van der Waals surface area contributed by atoms with Crippen molar-refractivity contribution in [2.45, 2.75) is 46.1 Å². The molecule has 0 aromatic heterocycles. The Morgan fingerprint density at radius 3 is 1.65 bits per heavy atom. The summed E-state index contributed by atoms with van der Waals surface area (Å²) in [5, 5.41) is 0. The van der Waals surface area contributed by atoms with Gasteiger partial charge in [0, 0.05) is 55.9 Å². The summed E-state index contributed by atoms with van der Waals surface area (Å²) >= 11 is 7.18. The molecule has 2 heterocycles. The van der Waals surface area contributed by atoms with Gasteiger partial charge in [0.1, 0.15) is 5.75 Å². The second-order valence-corrected chi connectivity index (χ2v) is 13.7. The van der Waals surface area contributed by atoms with E-state index in [9.17, 15) is 4.79 Å². The second-order valence-electron chi connectivity index (χ2n) is 9.45. The first-order valence-corrected chi connectivity index (χ1v) is 16.0. The van der Waals surface area contributed by atoms with Crippen molar-refractivity contribution in [3.05, 3.63) is 115 Å². The molecule has 2 aliphatic rings. The number of ether oxygens (including phenoxy) is 1. The van der Waals surface area contributed by atoms with Crippen LogP contribution in [0.1, 0.15) is 6.92 Å². The van der Waals surface area contributed by atoms with Gasteiger partial charge in [0.2, 0.25) is 0 Å². The normalized spacial score (nSPS) is 12.9. The van der Waals surface area contributed by atoms with Crippen LogP contribution in [0.4, 0.5) is 0 Å².